The third kappa shape index (κ3) is 5.63. The molecule has 0 saturated heterocycles. The van der Waals surface area contributed by atoms with E-state index in [1.165, 1.54) is 30.3 Å². The van der Waals surface area contributed by atoms with Crippen LogP contribution in [-0.2, 0) is 9.53 Å². The summed E-state index contributed by atoms with van der Waals surface area (Å²) in [6.07, 6.45) is -0.376. The Balaban J connectivity index is 1.99. The molecule has 3 aromatic carbocycles. The minimum atomic E-state index is -1.09. The van der Waals surface area contributed by atoms with Gasteiger partial charge in [-0.15, -0.1) is 0 Å². The number of benzene rings is 3. The average molecular weight is 461 g/mol. The first-order chi connectivity index (χ1) is 15.7. The number of carbonyl (C=O) groups excluding carboxylic acids is 1. The molecule has 0 radical (unpaired) electrons. The van der Waals surface area contributed by atoms with Gasteiger partial charge in [0.2, 0.25) is 0 Å². The van der Waals surface area contributed by atoms with Crippen molar-refractivity contribution in [1.82, 2.24) is 0 Å². The van der Waals surface area contributed by atoms with Gasteiger partial charge in [-0.2, -0.15) is 0 Å². The van der Waals surface area contributed by atoms with Gasteiger partial charge in [-0.05, 0) is 68.3 Å². The van der Waals surface area contributed by atoms with Crippen molar-refractivity contribution in [1.29, 1.82) is 0 Å². The van der Waals surface area contributed by atoms with Gasteiger partial charge < -0.3 is 14.4 Å². The van der Waals surface area contributed by atoms with Crippen LogP contribution in [0.2, 0.25) is 0 Å². The van der Waals surface area contributed by atoms with Crippen molar-refractivity contribution in [2.45, 2.75) is 26.9 Å². The van der Waals surface area contributed by atoms with E-state index in [0.717, 1.165) is 23.1 Å². The molecular formula is C25H23F4NO3. The minimum absolute atomic E-state index is 0.0101. The van der Waals surface area contributed by atoms with Crippen molar-refractivity contribution in [2.24, 2.45) is 0 Å². The summed E-state index contributed by atoms with van der Waals surface area (Å²) in [4.78, 5) is 12.8. The van der Waals surface area contributed by atoms with Crippen molar-refractivity contribution < 1.29 is 31.8 Å². The zero-order valence-electron chi connectivity index (χ0n) is 18.4. The Kier molecular flexibility index (Phi) is 7.58. The molecule has 174 valence electrons. The Morgan fingerprint density at radius 1 is 0.939 bits per heavy atom. The fourth-order valence-corrected chi connectivity index (χ4v) is 3.33. The van der Waals surface area contributed by atoms with E-state index in [9.17, 15) is 18.0 Å². The minimum Gasteiger partial charge on any atom is -0.479 e. The predicted octanol–water partition coefficient (Wildman–Crippen LogP) is 6.40. The number of nitrogens with zero attached hydrogens (tertiary/aromatic N) is 1. The Morgan fingerprint density at radius 3 is 2.30 bits per heavy atom. The van der Waals surface area contributed by atoms with Gasteiger partial charge in [0, 0.05) is 6.54 Å². The highest BCUT2D eigenvalue weighted by atomic mass is 19.1. The fraction of sp³-hybridized carbons (Fsp3) is 0.240. The van der Waals surface area contributed by atoms with Gasteiger partial charge in [0.05, 0.1) is 11.8 Å². The number of esters is 1. The van der Waals surface area contributed by atoms with E-state index in [1.54, 1.807) is 26.8 Å². The first-order valence-electron chi connectivity index (χ1n) is 10.3. The van der Waals surface area contributed by atoms with Crippen LogP contribution in [-0.4, -0.2) is 25.2 Å². The molecule has 0 heterocycles. The molecule has 0 aliphatic rings. The Bertz CT molecular complexity index is 1150. The van der Waals surface area contributed by atoms with Crippen LogP contribution in [0.1, 0.15) is 20.8 Å². The second kappa shape index (κ2) is 10.4. The average Bonchev–Trinajstić information content (AvgIpc) is 2.76. The van der Waals surface area contributed by atoms with E-state index in [-0.39, 0.29) is 24.1 Å². The molecule has 0 aliphatic heterocycles. The van der Waals surface area contributed by atoms with Crippen LogP contribution in [0.25, 0.3) is 11.1 Å². The summed E-state index contributed by atoms with van der Waals surface area (Å²) < 4.78 is 68.5. The molecule has 0 N–H and O–H groups in total. The predicted molar refractivity (Wildman–Crippen MR) is 118 cm³/mol. The third-order valence-electron chi connectivity index (χ3n) is 4.73. The van der Waals surface area contributed by atoms with Crippen LogP contribution in [0, 0.1) is 23.3 Å². The summed E-state index contributed by atoms with van der Waals surface area (Å²) in [5, 5.41) is 0. The van der Waals surface area contributed by atoms with Crippen LogP contribution >= 0.6 is 0 Å². The molecule has 0 spiro atoms. The maximum absolute atomic E-state index is 15.2. The fourth-order valence-electron chi connectivity index (χ4n) is 3.33. The summed E-state index contributed by atoms with van der Waals surface area (Å²) in [6, 6.07) is 11.7. The van der Waals surface area contributed by atoms with Crippen LogP contribution in [0.15, 0.2) is 54.6 Å². The molecule has 8 heteroatoms. The molecule has 0 unspecified atom stereocenters. The summed E-state index contributed by atoms with van der Waals surface area (Å²) in [5.41, 5.74) is 0.305. The van der Waals surface area contributed by atoms with Crippen molar-refractivity contribution in [2.75, 3.05) is 18.1 Å². The van der Waals surface area contributed by atoms with Crippen molar-refractivity contribution in [3.05, 3.63) is 77.9 Å². The van der Waals surface area contributed by atoms with E-state index >= 15 is 4.39 Å². The van der Waals surface area contributed by atoms with Gasteiger partial charge in [0.1, 0.15) is 23.1 Å². The molecule has 0 saturated carbocycles. The number of hydrogen-bond donors (Lipinski definition) is 0. The van der Waals surface area contributed by atoms with Crippen LogP contribution in [0.3, 0.4) is 0 Å². The van der Waals surface area contributed by atoms with Crippen molar-refractivity contribution in [3.63, 3.8) is 0 Å². The molecule has 3 aromatic rings. The zero-order chi connectivity index (χ0) is 24.1. The SMILES string of the molecule is CCN(c1cc(-c2cccc(F)c2)ccc1F)c1c(F)ccc(OCC(=O)OC(C)C)c1F. The van der Waals surface area contributed by atoms with Crippen molar-refractivity contribution in [3.8, 4) is 16.9 Å². The molecule has 4 nitrogen and oxygen atoms in total. The monoisotopic (exact) mass is 461 g/mol. The molecule has 0 fully saturated rings. The van der Waals surface area contributed by atoms with Gasteiger partial charge in [0.25, 0.3) is 0 Å². The molecule has 0 aliphatic carbocycles. The van der Waals surface area contributed by atoms with Crippen LogP contribution in [0.5, 0.6) is 5.75 Å². The number of anilines is 2. The van der Waals surface area contributed by atoms with Gasteiger partial charge in [-0.25, -0.2) is 22.4 Å². The molecular weight excluding hydrogens is 438 g/mol. The quantitative estimate of drug-likeness (QED) is 0.288. The van der Waals surface area contributed by atoms with Gasteiger partial charge in [-0.3, -0.25) is 0 Å². The smallest absolute Gasteiger partial charge is 0.344 e. The standard InChI is InChI=1S/C25H23F4NO3/c1-4-30(21-13-17(8-9-19(21)27)16-6-5-7-18(26)12-16)25-20(28)10-11-22(24(25)29)32-14-23(31)33-15(2)3/h5-13,15H,4,14H2,1-3H3. The lowest BCUT2D eigenvalue weighted by Crippen LogP contribution is -2.22. The summed E-state index contributed by atoms with van der Waals surface area (Å²) >= 11 is 0. The number of carbonyl (C=O) groups is 1. The normalized spacial score (nSPS) is 10.9. The number of hydrogen-bond acceptors (Lipinski definition) is 4. The van der Waals surface area contributed by atoms with Crippen molar-refractivity contribution >= 4 is 17.3 Å². The molecule has 3 rings (SSSR count). The second-order valence-corrected chi connectivity index (χ2v) is 7.46. The molecule has 0 aromatic heterocycles. The Hall–Kier alpha value is -3.55. The Morgan fingerprint density at radius 2 is 1.64 bits per heavy atom. The lowest BCUT2D eigenvalue weighted by Gasteiger charge is -2.26. The largest absolute Gasteiger partial charge is 0.479 e. The van der Waals surface area contributed by atoms with E-state index in [1.807, 2.05) is 0 Å². The van der Waals surface area contributed by atoms with E-state index in [2.05, 4.69) is 0 Å². The second-order valence-electron chi connectivity index (χ2n) is 7.46. The van der Waals surface area contributed by atoms with Gasteiger partial charge in [-0.1, -0.05) is 18.2 Å². The molecule has 33 heavy (non-hydrogen) atoms. The summed E-state index contributed by atoms with van der Waals surface area (Å²) in [5.74, 6) is -4.32. The zero-order valence-corrected chi connectivity index (χ0v) is 18.4. The molecule has 0 amide bonds. The highest BCUT2D eigenvalue weighted by Crippen LogP contribution is 2.37. The van der Waals surface area contributed by atoms with Crippen LogP contribution in [0.4, 0.5) is 28.9 Å². The Labute approximate surface area is 189 Å². The van der Waals surface area contributed by atoms with Crippen LogP contribution < -0.4 is 9.64 Å². The molecule has 0 bridgehead atoms. The third-order valence-corrected chi connectivity index (χ3v) is 4.73. The van der Waals surface area contributed by atoms with Gasteiger partial charge in [0.15, 0.2) is 18.2 Å². The van der Waals surface area contributed by atoms with E-state index < -0.39 is 41.5 Å². The summed E-state index contributed by atoms with van der Waals surface area (Å²) in [7, 11) is 0. The lowest BCUT2D eigenvalue weighted by molar-refractivity contribution is -0.149. The number of halogens is 4. The topological polar surface area (TPSA) is 38.8 Å². The van der Waals surface area contributed by atoms with E-state index in [4.69, 9.17) is 9.47 Å². The highest BCUT2D eigenvalue weighted by molar-refractivity contribution is 5.74. The van der Waals surface area contributed by atoms with E-state index in [0.29, 0.717) is 11.1 Å². The number of rotatable bonds is 8. The summed E-state index contributed by atoms with van der Waals surface area (Å²) in [6.45, 7) is 4.34. The maximum Gasteiger partial charge on any atom is 0.344 e. The first-order valence-corrected chi connectivity index (χ1v) is 10.3. The lowest BCUT2D eigenvalue weighted by atomic mass is 10.0. The number of ether oxygens (including phenoxy) is 2. The maximum atomic E-state index is 15.2. The highest BCUT2D eigenvalue weighted by Gasteiger charge is 2.24. The first kappa shape index (κ1) is 24.1. The molecule has 0 atom stereocenters. The van der Waals surface area contributed by atoms with Gasteiger partial charge >= 0.3 is 5.97 Å².